The molecule has 1 aliphatic heterocycles. The summed E-state index contributed by atoms with van der Waals surface area (Å²) in [6.45, 7) is 8.97. The lowest BCUT2D eigenvalue weighted by Crippen LogP contribution is -2.55. The molecule has 0 atom stereocenters. The highest BCUT2D eigenvalue weighted by Crippen LogP contribution is 2.30. The third kappa shape index (κ3) is 2.44. The van der Waals surface area contributed by atoms with E-state index in [2.05, 4.69) is 14.8 Å². The molecule has 1 amide bonds. The van der Waals surface area contributed by atoms with Crippen molar-refractivity contribution in [2.75, 3.05) is 7.05 Å². The number of nitrogens with zero attached hydrogens (tertiary/aromatic N) is 4. The molecule has 2 rings (SSSR count). The van der Waals surface area contributed by atoms with E-state index < -0.39 is 11.0 Å². The fraction of sp³-hybridized carbons (Fsp3) is 0.786. The Labute approximate surface area is 120 Å². The Balaban J connectivity index is 2.12. The van der Waals surface area contributed by atoms with Crippen LogP contribution in [0.5, 0.6) is 0 Å². The molecule has 0 aromatic carbocycles. The van der Waals surface area contributed by atoms with Crippen LogP contribution < -0.4 is 5.73 Å². The summed E-state index contributed by atoms with van der Waals surface area (Å²) in [6, 6.07) is 0. The first-order valence-corrected chi connectivity index (χ1v) is 7.10. The number of hydrogen-bond acceptors (Lipinski definition) is 4. The van der Waals surface area contributed by atoms with Crippen LogP contribution in [0, 0.1) is 5.41 Å². The number of aryl methyl sites for hydroxylation is 1. The van der Waals surface area contributed by atoms with Crippen molar-refractivity contribution >= 4 is 5.91 Å². The molecule has 112 valence electrons. The summed E-state index contributed by atoms with van der Waals surface area (Å²) in [4.78, 5) is 14.3. The van der Waals surface area contributed by atoms with Gasteiger partial charge in [0.2, 0.25) is 5.91 Å². The third-order valence-electron chi connectivity index (χ3n) is 4.56. The Morgan fingerprint density at radius 3 is 2.60 bits per heavy atom. The first kappa shape index (κ1) is 15.0. The van der Waals surface area contributed by atoms with Crippen LogP contribution >= 0.6 is 0 Å². The van der Waals surface area contributed by atoms with Gasteiger partial charge in [0.25, 0.3) is 0 Å². The lowest BCUT2D eigenvalue weighted by Gasteiger charge is -2.39. The van der Waals surface area contributed by atoms with E-state index in [-0.39, 0.29) is 5.91 Å². The van der Waals surface area contributed by atoms with Crippen LogP contribution in [-0.4, -0.2) is 38.2 Å². The minimum Gasteiger partial charge on any atom is -0.338 e. The number of rotatable bonds is 4. The number of fused-ring (bicyclic) bond motifs is 1. The molecule has 0 radical (unpaired) electrons. The zero-order valence-corrected chi connectivity index (χ0v) is 13.1. The van der Waals surface area contributed by atoms with Crippen molar-refractivity contribution in [2.45, 2.75) is 59.2 Å². The monoisotopic (exact) mass is 279 g/mol. The van der Waals surface area contributed by atoms with Crippen molar-refractivity contribution in [3.8, 4) is 0 Å². The number of nitrogens with two attached hydrogens (primary N) is 1. The molecule has 2 heterocycles. The van der Waals surface area contributed by atoms with Crippen LogP contribution in [0.15, 0.2) is 0 Å². The summed E-state index contributed by atoms with van der Waals surface area (Å²) in [7, 11) is 1.80. The normalized spacial score (nSPS) is 15.3. The van der Waals surface area contributed by atoms with Crippen LogP contribution in [0.2, 0.25) is 0 Å². The minimum atomic E-state index is -0.629. The van der Waals surface area contributed by atoms with Gasteiger partial charge in [-0.05, 0) is 34.1 Å². The summed E-state index contributed by atoms with van der Waals surface area (Å²) >= 11 is 0. The number of amides is 1. The van der Waals surface area contributed by atoms with E-state index in [1.165, 1.54) is 0 Å². The van der Waals surface area contributed by atoms with Gasteiger partial charge in [-0.15, -0.1) is 10.2 Å². The highest BCUT2D eigenvalue weighted by Gasteiger charge is 2.42. The maximum atomic E-state index is 12.6. The highest BCUT2D eigenvalue weighted by molar-refractivity contribution is 5.83. The molecule has 1 aliphatic rings. The second-order valence-corrected chi connectivity index (χ2v) is 6.80. The summed E-state index contributed by atoms with van der Waals surface area (Å²) in [6.07, 6.45) is 2.09. The van der Waals surface area contributed by atoms with E-state index in [0.29, 0.717) is 6.54 Å². The predicted molar refractivity (Wildman–Crippen MR) is 76.9 cm³/mol. The van der Waals surface area contributed by atoms with E-state index >= 15 is 0 Å². The van der Waals surface area contributed by atoms with Crippen LogP contribution in [0.1, 0.15) is 45.8 Å². The fourth-order valence-corrected chi connectivity index (χ4v) is 2.36. The highest BCUT2D eigenvalue weighted by atomic mass is 16.2. The van der Waals surface area contributed by atoms with Crippen LogP contribution in [0.25, 0.3) is 0 Å². The summed E-state index contributed by atoms with van der Waals surface area (Å²) in [5, 5.41) is 8.36. The maximum Gasteiger partial charge on any atom is 0.230 e. The molecule has 0 fully saturated rings. The van der Waals surface area contributed by atoms with E-state index in [4.69, 9.17) is 5.73 Å². The van der Waals surface area contributed by atoms with Crippen molar-refractivity contribution in [3.05, 3.63) is 11.6 Å². The summed E-state index contributed by atoms with van der Waals surface area (Å²) in [5.41, 5.74) is 4.93. The van der Waals surface area contributed by atoms with E-state index in [1.54, 1.807) is 11.9 Å². The van der Waals surface area contributed by atoms with Gasteiger partial charge in [0.1, 0.15) is 5.82 Å². The van der Waals surface area contributed by atoms with Gasteiger partial charge in [-0.25, -0.2) is 0 Å². The number of hydrogen-bond donors (Lipinski definition) is 1. The lowest BCUT2D eigenvalue weighted by atomic mass is 9.74. The quantitative estimate of drug-likeness (QED) is 0.890. The van der Waals surface area contributed by atoms with Crippen molar-refractivity contribution < 1.29 is 4.79 Å². The van der Waals surface area contributed by atoms with Gasteiger partial charge < -0.3 is 15.2 Å². The average molecular weight is 279 g/mol. The molecule has 0 saturated heterocycles. The Kier molecular flexibility index (Phi) is 3.62. The van der Waals surface area contributed by atoms with Crippen molar-refractivity contribution in [3.63, 3.8) is 0 Å². The summed E-state index contributed by atoms with van der Waals surface area (Å²) in [5.74, 6) is 1.92. The fourth-order valence-electron chi connectivity index (χ4n) is 2.36. The lowest BCUT2D eigenvalue weighted by molar-refractivity contribution is -0.142. The topological polar surface area (TPSA) is 77.0 Å². The molecule has 2 N–H and O–H groups in total. The Morgan fingerprint density at radius 1 is 1.35 bits per heavy atom. The van der Waals surface area contributed by atoms with Crippen molar-refractivity contribution in [2.24, 2.45) is 11.1 Å². The zero-order chi connectivity index (χ0) is 15.1. The van der Waals surface area contributed by atoms with Crippen LogP contribution in [0.4, 0.5) is 0 Å². The van der Waals surface area contributed by atoms with Gasteiger partial charge in [-0.3, -0.25) is 4.79 Å². The standard InChI is InChI=1S/C14H25N5O/c1-13(2,14(3,4)15)12(20)18(5)9-11-17-16-10-7-6-8-19(10)11/h6-9,15H2,1-5H3. The van der Waals surface area contributed by atoms with E-state index in [0.717, 1.165) is 31.0 Å². The smallest absolute Gasteiger partial charge is 0.230 e. The van der Waals surface area contributed by atoms with Crippen LogP contribution in [0.3, 0.4) is 0 Å². The molecule has 0 saturated carbocycles. The van der Waals surface area contributed by atoms with Gasteiger partial charge in [-0.2, -0.15) is 0 Å². The second-order valence-electron chi connectivity index (χ2n) is 6.80. The Bertz CT molecular complexity index is 512. The number of aromatic nitrogens is 3. The van der Waals surface area contributed by atoms with Crippen molar-refractivity contribution in [1.29, 1.82) is 0 Å². The molecule has 1 aromatic heterocycles. The first-order valence-electron chi connectivity index (χ1n) is 7.10. The molecule has 6 nitrogen and oxygen atoms in total. The Hall–Kier alpha value is -1.43. The maximum absolute atomic E-state index is 12.6. The molecule has 0 unspecified atom stereocenters. The first-order chi connectivity index (χ1) is 9.14. The molecule has 6 heteroatoms. The SMILES string of the molecule is CN(Cc1nnc2n1CCC2)C(=O)C(C)(C)C(C)(C)N. The molecule has 20 heavy (non-hydrogen) atoms. The van der Waals surface area contributed by atoms with Gasteiger partial charge in [0.05, 0.1) is 12.0 Å². The van der Waals surface area contributed by atoms with Crippen molar-refractivity contribution in [1.82, 2.24) is 19.7 Å². The molecular weight excluding hydrogens is 254 g/mol. The molecule has 1 aromatic rings. The average Bonchev–Trinajstić information content (AvgIpc) is 2.91. The van der Waals surface area contributed by atoms with Gasteiger partial charge >= 0.3 is 0 Å². The van der Waals surface area contributed by atoms with Gasteiger partial charge in [0.15, 0.2) is 5.82 Å². The Morgan fingerprint density at radius 2 is 2.00 bits per heavy atom. The number of carbonyl (C=O) groups is 1. The predicted octanol–water partition coefficient (Wildman–Crippen LogP) is 0.946. The summed E-state index contributed by atoms with van der Waals surface area (Å²) < 4.78 is 2.12. The van der Waals surface area contributed by atoms with Crippen LogP contribution in [-0.2, 0) is 24.3 Å². The largest absolute Gasteiger partial charge is 0.338 e. The second kappa shape index (κ2) is 4.84. The minimum absolute atomic E-state index is 0.0281. The number of carbonyl (C=O) groups excluding carboxylic acids is 1. The molecule has 0 aliphatic carbocycles. The van der Waals surface area contributed by atoms with Gasteiger partial charge in [0, 0.05) is 25.6 Å². The zero-order valence-electron chi connectivity index (χ0n) is 13.1. The van der Waals surface area contributed by atoms with E-state index in [1.807, 2.05) is 27.7 Å². The van der Waals surface area contributed by atoms with Gasteiger partial charge in [-0.1, -0.05) is 0 Å². The van der Waals surface area contributed by atoms with E-state index in [9.17, 15) is 4.79 Å². The molecule has 0 bridgehead atoms. The third-order valence-corrected chi connectivity index (χ3v) is 4.56. The molecular formula is C14H25N5O. The molecule has 0 spiro atoms.